The van der Waals surface area contributed by atoms with Gasteiger partial charge in [0.2, 0.25) is 11.7 Å². The van der Waals surface area contributed by atoms with Crippen molar-refractivity contribution in [3.05, 3.63) is 34.1 Å². The van der Waals surface area contributed by atoms with E-state index in [9.17, 15) is 8.78 Å². The van der Waals surface area contributed by atoms with Crippen molar-refractivity contribution in [3.63, 3.8) is 0 Å². The van der Waals surface area contributed by atoms with Crippen LogP contribution in [0.5, 0.6) is 0 Å². The molecule has 0 spiro atoms. The maximum atomic E-state index is 13.5. The summed E-state index contributed by atoms with van der Waals surface area (Å²) in [6.45, 7) is 0.769. The van der Waals surface area contributed by atoms with Gasteiger partial charge in [-0.2, -0.15) is 4.98 Å². The molecule has 0 radical (unpaired) electrons. The van der Waals surface area contributed by atoms with Crippen LogP contribution in [0.3, 0.4) is 0 Å². The largest absolute Gasteiger partial charge is 0.339 e. The van der Waals surface area contributed by atoms with Crippen LogP contribution in [0.4, 0.5) is 8.78 Å². The van der Waals surface area contributed by atoms with Crippen molar-refractivity contribution in [2.24, 2.45) is 0 Å². The van der Waals surface area contributed by atoms with Crippen LogP contribution in [0.1, 0.15) is 18.7 Å². The fourth-order valence-electron chi connectivity index (χ4n) is 1.84. The number of halogens is 3. The molecule has 0 bridgehead atoms. The molecular weight excluding hydrogens is 332 g/mol. The Bertz CT molecular complexity index is 628. The first-order valence-corrected chi connectivity index (χ1v) is 7.14. The van der Waals surface area contributed by atoms with Gasteiger partial charge in [-0.25, -0.2) is 8.78 Å². The first kappa shape index (κ1) is 13.6. The van der Waals surface area contributed by atoms with E-state index in [1.807, 2.05) is 0 Å². The molecule has 1 aliphatic carbocycles. The van der Waals surface area contributed by atoms with E-state index < -0.39 is 11.6 Å². The van der Waals surface area contributed by atoms with Crippen LogP contribution in [0.15, 0.2) is 21.1 Å². The van der Waals surface area contributed by atoms with Gasteiger partial charge in [0.25, 0.3) is 0 Å². The first-order chi connectivity index (χ1) is 9.65. The number of hydrogen-bond acceptors (Lipinski definition) is 4. The summed E-state index contributed by atoms with van der Waals surface area (Å²) in [5, 5.41) is 7.13. The lowest BCUT2D eigenvalue weighted by Crippen LogP contribution is -2.19. The molecular formula is C13H12BrF2N3O. The fourth-order valence-corrected chi connectivity index (χ4v) is 2.33. The molecule has 4 nitrogen and oxygen atoms in total. The van der Waals surface area contributed by atoms with E-state index in [4.69, 9.17) is 4.52 Å². The molecule has 0 saturated heterocycles. The van der Waals surface area contributed by atoms with Gasteiger partial charge < -0.3 is 9.84 Å². The van der Waals surface area contributed by atoms with Crippen LogP contribution in [0.2, 0.25) is 0 Å². The van der Waals surface area contributed by atoms with Crippen molar-refractivity contribution in [2.75, 3.05) is 6.54 Å². The smallest absolute Gasteiger partial charge is 0.228 e. The van der Waals surface area contributed by atoms with Gasteiger partial charge in [0, 0.05) is 24.6 Å². The minimum atomic E-state index is -0.954. The van der Waals surface area contributed by atoms with Gasteiger partial charge in [0.1, 0.15) is 0 Å². The number of rotatable bonds is 5. The molecule has 1 aliphatic rings. The quantitative estimate of drug-likeness (QED) is 0.847. The van der Waals surface area contributed by atoms with Crippen molar-refractivity contribution in [1.82, 2.24) is 15.5 Å². The highest BCUT2D eigenvalue weighted by Crippen LogP contribution is 2.29. The number of nitrogens with zero attached hydrogens (tertiary/aromatic N) is 2. The van der Waals surface area contributed by atoms with Gasteiger partial charge in [-0.3, -0.25) is 0 Å². The first-order valence-electron chi connectivity index (χ1n) is 6.35. The van der Waals surface area contributed by atoms with Gasteiger partial charge in [-0.05, 0) is 40.9 Å². The highest BCUT2D eigenvalue weighted by atomic mass is 79.9. The molecule has 2 aromatic rings. The van der Waals surface area contributed by atoms with Crippen LogP contribution < -0.4 is 5.32 Å². The van der Waals surface area contributed by atoms with Gasteiger partial charge in [0.05, 0.1) is 4.47 Å². The van der Waals surface area contributed by atoms with Crippen LogP contribution in [-0.4, -0.2) is 22.7 Å². The van der Waals surface area contributed by atoms with E-state index >= 15 is 0 Å². The molecule has 106 valence electrons. The maximum absolute atomic E-state index is 13.5. The summed E-state index contributed by atoms with van der Waals surface area (Å²) >= 11 is 3.01. The van der Waals surface area contributed by atoms with E-state index in [2.05, 4.69) is 31.4 Å². The van der Waals surface area contributed by atoms with Crippen LogP contribution in [-0.2, 0) is 6.42 Å². The van der Waals surface area contributed by atoms with Crippen molar-refractivity contribution < 1.29 is 13.3 Å². The zero-order valence-electron chi connectivity index (χ0n) is 10.5. The van der Waals surface area contributed by atoms with Crippen molar-refractivity contribution in [2.45, 2.75) is 25.3 Å². The Morgan fingerprint density at radius 3 is 2.90 bits per heavy atom. The van der Waals surface area contributed by atoms with Crippen molar-refractivity contribution in [1.29, 1.82) is 0 Å². The van der Waals surface area contributed by atoms with Crippen LogP contribution in [0.25, 0.3) is 11.4 Å². The molecule has 0 unspecified atom stereocenters. The van der Waals surface area contributed by atoms with E-state index in [0.29, 0.717) is 23.9 Å². The standard InChI is InChI=1S/C13H12BrF2N3O/c14-11-8(3-4-9(15)12(11)16)13-18-10(20-19-13)5-6-17-7-1-2-7/h3-4,7,17H,1-2,5-6H2. The minimum absolute atomic E-state index is 0.000885. The monoisotopic (exact) mass is 343 g/mol. The highest BCUT2D eigenvalue weighted by molar-refractivity contribution is 9.10. The third-order valence-corrected chi connectivity index (χ3v) is 3.87. The lowest BCUT2D eigenvalue weighted by atomic mass is 10.2. The fraction of sp³-hybridized carbons (Fsp3) is 0.385. The van der Waals surface area contributed by atoms with E-state index in [1.54, 1.807) is 0 Å². The number of hydrogen-bond donors (Lipinski definition) is 1. The Balaban J connectivity index is 1.73. The number of benzene rings is 1. The summed E-state index contributed by atoms with van der Waals surface area (Å²) in [5.41, 5.74) is 0.369. The molecule has 7 heteroatoms. The van der Waals surface area contributed by atoms with Crippen LogP contribution >= 0.6 is 15.9 Å². The van der Waals surface area contributed by atoms with Gasteiger partial charge in [-0.15, -0.1) is 0 Å². The average molecular weight is 344 g/mol. The Hall–Kier alpha value is -1.34. The SMILES string of the molecule is Fc1ccc(-c2noc(CCNC3CC3)n2)c(Br)c1F. The molecule has 1 heterocycles. The van der Waals surface area contributed by atoms with Crippen molar-refractivity contribution in [3.8, 4) is 11.4 Å². The summed E-state index contributed by atoms with van der Waals surface area (Å²) in [5.74, 6) is -1.15. The van der Waals surface area contributed by atoms with Crippen molar-refractivity contribution >= 4 is 15.9 Å². The normalized spacial score (nSPS) is 14.8. The van der Waals surface area contributed by atoms with Crippen LogP contribution in [0, 0.1) is 11.6 Å². The average Bonchev–Trinajstić information content (AvgIpc) is 3.14. The molecule has 20 heavy (non-hydrogen) atoms. The van der Waals surface area contributed by atoms with E-state index in [-0.39, 0.29) is 10.3 Å². The molecule has 0 atom stereocenters. The third-order valence-electron chi connectivity index (χ3n) is 3.09. The van der Waals surface area contributed by atoms with Gasteiger partial charge in [0.15, 0.2) is 11.6 Å². The van der Waals surface area contributed by atoms with E-state index in [1.165, 1.54) is 18.9 Å². The summed E-state index contributed by atoms with van der Waals surface area (Å²) in [4.78, 5) is 4.19. The second kappa shape index (κ2) is 5.57. The molecule has 0 amide bonds. The lowest BCUT2D eigenvalue weighted by molar-refractivity contribution is 0.376. The van der Waals surface area contributed by atoms with Gasteiger partial charge >= 0.3 is 0 Å². The predicted octanol–water partition coefficient (Wildman–Crippen LogP) is 3.07. The molecule has 0 aliphatic heterocycles. The second-order valence-electron chi connectivity index (χ2n) is 4.71. The predicted molar refractivity (Wildman–Crippen MR) is 72.1 cm³/mol. The van der Waals surface area contributed by atoms with E-state index in [0.717, 1.165) is 12.6 Å². The summed E-state index contributed by atoms with van der Waals surface area (Å²) in [7, 11) is 0. The molecule has 1 saturated carbocycles. The maximum Gasteiger partial charge on any atom is 0.228 e. The molecule has 1 aromatic heterocycles. The Labute approximate surface area is 122 Å². The second-order valence-corrected chi connectivity index (χ2v) is 5.51. The summed E-state index contributed by atoms with van der Waals surface area (Å²) < 4.78 is 31.6. The molecule has 1 fully saturated rings. The number of nitrogens with one attached hydrogen (secondary N) is 1. The summed E-state index contributed by atoms with van der Waals surface area (Å²) in [6.07, 6.45) is 3.05. The number of aromatic nitrogens is 2. The topological polar surface area (TPSA) is 51.0 Å². The minimum Gasteiger partial charge on any atom is -0.339 e. The molecule has 1 N–H and O–H groups in total. The highest BCUT2D eigenvalue weighted by Gasteiger charge is 2.20. The zero-order chi connectivity index (χ0) is 14.1. The molecule has 3 rings (SSSR count). The Morgan fingerprint density at radius 2 is 2.15 bits per heavy atom. The van der Waals surface area contributed by atoms with Gasteiger partial charge in [-0.1, -0.05) is 5.16 Å². The Morgan fingerprint density at radius 1 is 1.35 bits per heavy atom. The lowest BCUT2D eigenvalue weighted by Gasteiger charge is -2.01. The summed E-state index contributed by atoms with van der Waals surface area (Å²) in [6, 6.07) is 3.08. The molecule has 1 aromatic carbocycles. The third kappa shape index (κ3) is 2.88. The Kier molecular flexibility index (Phi) is 3.80. The zero-order valence-corrected chi connectivity index (χ0v) is 12.1.